The average Bonchev–Trinajstić information content (AvgIpc) is 3.64. The average molecular weight is 629 g/mol. The molecule has 0 saturated heterocycles. The van der Waals surface area contributed by atoms with Crippen molar-refractivity contribution in [2.24, 2.45) is 7.05 Å². The van der Waals surface area contributed by atoms with Crippen LogP contribution in [0.25, 0.3) is 38.2 Å². The number of nitrogens with two attached hydrogens (primary N) is 1. The molecule has 3 aromatic heterocycles. The van der Waals surface area contributed by atoms with Crippen LogP contribution >= 0.6 is 11.3 Å². The zero-order chi connectivity index (χ0) is 31.9. The maximum atomic E-state index is 13.2. The number of rotatable bonds is 13. The van der Waals surface area contributed by atoms with E-state index >= 15 is 0 Å². The molecule has 0 aliphatic heterocycles. The maximum Gasteiger partial charge on any atom is 0.272 e. The van der Waals surface area contributed by atoms with Crippen molar-refractivity contribution in [1.82, 2.24) is 19.8 Å². The molecular formula is C33H36N6O5S. The molecule has 11 nitrogen and oxygen atoms in total. The Labute approximate surface area is 264 Å². The Bertz CT molecular complexity index is 1860. The molecule has 5 rings (SSSR count). The van der Waals surface area contributed by atoms with Crippen LogP contribution in [-0.4, -0.2) is 83.0 Å². The summed E-state index contributed by atoms with van der Waals surface area (Å²) in [5.41, 5.74) is 10.8. The van der Waals surface area contributed by atoms with Crippen molar-refractivity contribution in [3.8, 4) is 16.9 Å². The van der Waals surface area contributed by atoms with Crippen molar-refractivity contribution in [1.29, 1.82) is 0 Å². The Morgan fingerprint density at radius 3 is 2.62 bits per heavy atom. The van der Waals surface area contributed by atoms with E-state index in [9.17, 15) is 9.59 Å². The number of ether oxygens (including phenoxy) is 1. The molecule has 0 aliphatic carbocycles. The number of hydrogen-bond acceptors (Lipinski definition) is 9. The Hall–Kier alpha value is -4.75. The van der Waals surface area contributed by atoms with E-state index in [-0.39, 0.29) is 25.0 Å². The number of nitrogens with zero attached hydrogens (tertiary/aromatic N) is 3. The molecule has 0 unspecified atom stereocenters. The highest BCUT2D eigenvalue weighted by atomic mass is 32.1. The van der Waals surface area contributed by atoms with Gasteiger partial charge in [0.25, 0.3) is 5.91 Å². The number of amides is 2. The number of fused-ring (bicyclic) bond motifs is 2. The van der Waals surface area contributed by atoms with Gasteiger partial charge >= 0.3 is 0 Å². The van der Waals surface area contributed by atoms with E-state index in [4.69, 9.17) is 20.7 Å². The Morgan fingerprint density at radius 2 is 1.89 bits per heavy atom. The molecule has 0 fully saturated rings. The molecule has 0 radical (unpaired) electrons. The minimum absolute atomic E-state index is 0.0177. The number of benzene rings is 2. The number of aliphatic hydroxyl groups is 2. The number of anilines is 2. The first-order valence-electron chi connectivity index (χ1n) is 14.4. The zero-order valence-electron chi connectivity index (χ0n) is 25.1. The Kier molecular flexibility index (Phi) is 10.1. The number of thiophene rings is 1. The van der Waals surface area contributed by atoms with Gasteiger partial charge in [-0.1, -0.05) is 24.3 Å². The summed E-state index contributed by atoms with van der Waals surface area (Å²) in [6.07, 6.45) is 4.79. The van der Waals surface area contributed by atoms with Gasteiger partial charge in [-0.25, -0.2) is 4.98 Å². The van der Waals surface area contributed by atoms with Gasteiger partial charge in [-0.3, -0.25) is 14.5 Å². The van der Waals surface area contributed by atoms with Gasteiger partial charge in [0.2, 0.25) is 5.91 Å². The number of nitrogen functional groups attached to an aromatic ring is 1. The van der Waals surface area contributed by atoms with Crippen LogP contribution in [0.1, 0.15) is 16.1 Å². The van der Waals surface area contributed by atoms with Crippen LogP contribution in [0, 0.1) is 0 Å². The highest BCUT2D eigenvalue weighted by Crippen LogP contribution is 2.41. The van der Waals surface area contributed by atoms with Crippen LogP contribution in [0.5, 0.6) is 5.75 Å². The van der Waals surface area contributed by atoms with E-state index in [1.165, 1.54) is 17.4 Å². The standard InChI is InChI=1S/C33H36N6O5S/c1-38-26-6-4-3-5-22(26)17-27(38)33(43)37-25-9-7-21(18-28(25)44-2)24-20-45-31-23(19-36-32(34)30(24)31)8-10-29(42)35-11-12-39(13-15-40)14-16-41/h3-10,17-20,40-41H,11-16H2,1-2H3,(H2,34,36)(H,35,42)(H,37,43). The van der Waals surface area contributed by atoms with Gasteiger partial charge in [0, 0.05) is 77.6 Å². The van der Waals surface area contributed by atoms with Crippen molar-refractivity contribution in [2.45, 2.75) is 0 Å². The third kappa shape index (κ3) is 6.99. The second kappa shape index (κ2) is 14.4. The molecule has 0 aliphatic rings. The molecular weight excluding hydrogens is 592 g/mol. The largest absolute Gasteiger partial charge is 0.495 e. The number of carbonyl (C=O) groups is 2. The van der Waals surface area contributed by atoms with E-state index in [1.54, 1.807) is 25.4 Å². The molecule has 45 heavy (non-hydrogen) atoms. The summed E-state index contributed by atoms with van der Waals surface area (Å²) in [6.45, 7) is 1.71. The zero-order valence-corrected chi connectivity index (χ0v) is 25.9. The second-order valence-electron chi connectivity index (χ2n) is 10.4. The first kappa shape index (κ1) is 31.7. The highest BCUT2D eigenvalue weighted by molar-refractivity contribution is 7.18. The molecule has 6 N–H and O–H groups in total. The summed E-state index contributed by atoms with van der Waals surface area (Å²) >= 11 is 1.49. The van der Waals surface area contributed by atoms with Crippen LogP contribution in [0.15, 0.2) is 66.2 Å². The number of nitrogens with one attached hydrogen (secondary N) is 2. The van der Waals surface area contributed by atoms with E-state index in [2.05, 4.69) is 15.6 Å². The van der Waals surface area contributed by atoms with Gasteiger partial charge in [0.05, 0.1) is 26.0 Å². The number of aryl methyl sites for hydroxylation is 1. The summed E-state index contributed by atoms with van der Waals surface area (Å²) in [4.78, 5) is 32.0. The molecule has 0 saturated carbocycles. The van der Waals surface area contributed by atoms with Crippen molar-refractivity contribution >= 4 is 61.7 Å². The van der Waals surface area contributed by atoms with Crippen LogP contribution in [0.4, 0.5) is 11.5 Å². The minimum atomic E-state index is -0.268. The summed E-state index contributed by atoms with van der Waals surface area (Å²) in [7, 11) is 3.42. The van der Waals surface area contributed by atoms with Gasteiger partial charge in [-0.15, -0.1) is 11.3 Å². The third-order valence-electron chi connectivity index (χ3n) is 7.57. The van der Waals surface area contributed by atoms with E-state index in [1.807, 2.05) is 64.4 Å². The fourth-order valence-electron chi connectivity index (χ4n) is 5.25. The fourth-order valence-corrected chi connectivity index (χ4v) is 6.33. The predicted molar refractivity (Wildman–Crippen MR) is 180 cm³/mol. The first-order valence-corrected chi connectivity index (χ1v) is 15.3. The smallest absolute Gasteiger partial charge is 0.272 e. The fraction of sp³-hybridized carbons (Fsp3) is 0.242. The molecule has 2 aromatic carbocycles. The quantitative estimate of drug-likeness (QED) is 0.124. The highest BCUT2D eigenvalue weighted by Gasteiger charge is 2.18. The van der Waals surface area contributed by atoms with E-state index in [0.29, 0.717) is 49.1 Å². The van der Waals surface area contributed by atoms with E-state index < -0.39 is 0 Å². The van der Waals surface area contributed by atoms with Gasteiger partial charge in [-0.2, -0.15) is 0 Å². The lowest BCUT2D eigenvalue weighted by Crippen LogP contribution is -2.37. The predicted octanol–water partition coefficient (Wildman–Crippen LogP) is 3.71. The number of pyridine rings is 1. The molecule has 12 heteroatoms. The molecule has 234 valence electrons. The summed E-state index contributed by atoms with van der Waals surface area (Å²) in [5, 5.41) is 27.8. The Morgan fingerprint density at radius 1 is 1.11 bits per heavy atom. The number of aromatic nitrogens is 2. The minimum Gasteiger partial charge on any atom is -0.495 e. The van der Waals surface area contributed by atoms with Gasteiger partial charge in [0.15, 0.2) is 0 Å². The van der Waals surface area contributed by atoms with Gasteiger partial charge in [-0.05, 0) is 41.3 Å². The number of methoxy groups -OCH3 is 1. The number of aliphatic hydroxyl groups excluding tert-OH is 2. The van der Waals surface area contributed by atoms with Crippen molar-refractivity contribution < 1.29 is 24.5 Å². The third-order valence-corrected chi connectivity index (χ3v) is 8.60. The number of para-hydroxylation sites is 1. The van der Waals surface area contributed by atoms with Crippen LogP contribution in [0.2, 0.25) is 0 Å². The van der Waals surface area contributed by atoms with Crippen molar-refractivity contribution in [3.63, 3.8) is 0 Å². The van der Waals surface area contributed by atoms with Gasteiger partial charge < -0.3 is 35.9 Å². The maximum absolute atomic E-state index is 13.2. The second-order valence-corrected chi connectivity index (χ2v) is 11.3. The lowest BCUT2D eigenvalue weighted by atomic mass is 10.0. The summed E-state index contributed by atoms with van der Waals surface area (Å²) < 4.78 is 8.41. The van der Waals surface area contributed by atoms with Crippen LogP contribution in [0.3, 0.4) is 0 Å². The lowest BCUT2D eigenvalue weighted by Gasteiger charge is -2.19. The molecule has 0 atom stereocenters. The Balaban J connectivity index is 1.33. The van der Waals surface area contributed by atoms with Crippen LogP contribution < -0.4 is 21.1 Å². The van der Waals surface area contributed by atoms with E-state index in [0.717, 1.165) is 37.7 Å². The molecule has 3 heterocycles. The summed E-state index contributed by atoms with van der Waals surface area (Å²) in [5.74, 6) is 0.343. The first-order chi connectivity index (χ1) is 21.8. The normalized spacial score (nSPS) is 11.6. The van der Waals surface area contributed by atoms with Gasteiger partial charge in [0.1, 0.15) is 17.3 Å². The SMILES string of the molecule is COc1cc(-c2csc3c(C=CC(=O)NCCN(CCO)CCO)cnc(N)c23)ccc1NC(=O)c1cc2ccccc2n1C. The molecule has 2 amide bonds. The topological polar surface area (TPSA) is 155 Å². The summed E-state index contributed by atoms with van der Waals surface area (Å²) in [6, 6.07) is 15.2. The van der Waals surface area contributed by atoms with Crippen LogP contribution in [-0.2, 0) is 11.8 Å². The van der Waals surface area contributed by atoms with Crippen molar-refractivity contribution in [3.05, 3.63) is 77.4 Å². The number of hydrogen-bond donors (Lipinski definition) is 5. The molecule has 0 spiro atoms. The molecule has 5 aromatic rings. The van der Waals surface area contributed by atoms with Crippen molar-refractivity contribution in [2.75, 3.05) is 57.6 Å². The molecule has 0 bridgehead atoms. The monoisotopic (exact) mass is 628 g/mol. The lowest BCUT2D eigenvalue weighted by molar-refractivity contribution is -0.116. The number of carbonyl (C=O) groups excluding carboxylic acids is 2.